The van der Waals surface area contributed by atoms with E-state index in [1.165, 1.54) is 11.1 Å². The summed E-state index contributed by atoms with van der Waals surface area (Å²) in [7, 11) is 0. The van der Waals surface area contributed by atoms with Crippen molar-refractivity contribution in [2.75, 3.05) is 0 Å². The Balaban J connectivity index is 1.75. The van der Waals surface area contributed by atoms with Crippen molar-refractivity contribution in [3.05, 3.63) is 28.8 Å². The van der Waals surface area contributed by atoms with E-state index in [1.54, 1.807) is 6.07 Å². The van der Waals surface area contributed by atoms with Gasteiger partial charge in [0, 0.05) is 11.8 Å². The van der Waals surface area contributed by atoms with Crippen LogP contribution in [0.25, 0.3) is 0 Å². The third-order valence-electron chi connectivity index (χ3n) is 6.71. The van der Waals surface area contributed by atoms with E-state index >= 15 is 0 Å². The molecule has 0 spiro atoms. The minimum atomic E-state index is -0.108. The van der Waals surface area contributed by atoms with Crippen LogP contribution in [0.5, 0.6) is 5.75 Å². The van der Waals surface area contributed by atoms with Crippen molar-refractivity contribution in [2.24, 2.45) is 17.3 Å². The largest absolute Gasteiger partial charge is 0.507 e. The SMILES string of the molecule is CC12CCC3c4cc(C=O)c(O)cc4CCC3C1CCC2=O. The van der Waals surface area contributed by atoms with Gasteiger partial charge in [-0.25, -0.2) is 0 Å². The van der Waals surface area contributed by atoms with E-state index in [0.29, 0.717) is 29.1 Å². The molecule has 22 heavy (non-hydrogen) atoms. The molecule has 2 saturated carbocycles. The Hall–Kier alpha value is -1.64. The molecule has 2 fully saturated rings. The van der Waals surface area contributed by atoms with Gasteiger partial charge in [0.25, 0.3) is 0 Å². The van der Waals surface area contributed by atoms with Gasteiger partial charge in [0.15, 0.2) is 6.29 Å². The summed E-state index contributed by atoms with van der Waals surface area (Å²) in [6.45, 7) is 2.17. The monoisotopic (exact) mass is 298 g/mol. The number of phenols is 1. The van der Waals surface area contributed by atoms with Gasteiger partial charge in [0.1, 0.15) is 11.5 Å². The number of aryl methyl sites for hydroxylation is 1. The van der Waals surface area contributed by atoms with E-state index in [0.717, 1.165) is 44.8 Å². The highest BCUT2D eigenvalue weighted by molar-refractivity contribution is 5.87. The number of carbonyl (C=O) groups is 2. The Kier molecular flexibility index (Phi) is 2.97. The molecule has 0 bridgehead atoms. The van der Waals surface area contributed by atoms with E-state index in [9.17, 15) is 14.7 Å². The number of carbonyl (C=O) groups excluding carboxylic acids is 2. The van der Waals surface area contributed by atoms with Crippen LogP contribution in [0.2, 0.25) is 0 Å². The Morgan fingerprint density at radius 3 is 2.82 bits per heavy atom. The highest BCUT2D eigenvalue weighted by atomic mass is 16.3. The minimum Gasteiger partial charge on any atom is -0.507 e. The van der Waals surface area contributed by atoms with E-state index in [4.69, 9.17) is 0 Å². The maximum Gasteiger partial charge on any atom is 0.153 e. The van der Waals surface area contributed by atoms with Crippen LogP contribution in [-0.4, -0.2) is 17.2 Å². The van der Waals surface area contributed by atoms with E-state index in [2.05, 4.69) is 6.92 Å². The van der Waals surface area contributed by atoms with Crippen LogP contribution < -0.4 is 0 Å². The van der Waals surface area contributed by atoms with Crippen molar-refractivity contribution in [1.29, 1.82) is 0 Å². The predicted molar refractivity (Wildman–Crippen MR) is 83.1 cm³/mol. The smallest absolute Gasteiger partial charge is 0.153 e. The molecule has 4 unspecified atom stereocenters. The third-order valence-corrected chi connectivity index (χ3v) is 6.71. The van der Waals surface area contributed by atoms with Crippen molar-refractivity contribution in [3.8, 4) is 5.75 Å². The molecule has 0 aromatic heterocycles. The van der Waals surface area contributed by atoms with Crippen LogP contribution >= 0.6 is 0 Å². The molecule has 3 nitrogen and oxygen atoms in total. The second-order valence-corrected chi connectivity index (χ2v) is 7.56. The molecule has 0 heterocycles. The molecule has 0 radical (unpaired) electrons. The van der Waals surface area contributed by atoms with Crippen molar-refractivity contribution in [1.82, 2.24) is 0 Å². The Morgan fingerprint density at radius 2 is 2.05 bits per heavy atom. The first-order chi connectivity index (χ1) is 10.5. The van der Waals surface area contributed by atoms with Gasteiger partial charge < -0.3 is 5.11 Å². The number of hydrogen-bond acceptors (Lipinski definition) is 3. The summed E-state index contributed by atoms with van der Waals surface area (Å²) >= 11 is 0. The molecule has 4 atom stereocenters. The maximum atomic E-state index is 12.3. The molecule has 0 amide bonds. The van der Waals surface area contributed by atoms with Crippen LogP contribution in [0, 0.1) is 17.3 Å². The second-order valence-electron chi connectivity index (χ2n) is 7.56. The number of rotatable bonds is 1. The van der Waals surface area contributed by atoms with Gasteiger partial charge in [0.2, 0.25) is 0 Å². The zero-order valence-electron chi connectivity index (χ0n) is 13.0. The first-order valence-electron chi connectivity index (χ1n) is 8.39. The molecule has 3 aliphatic rings. The Morgan fingerprint density at radius 1 is 1.23 bits per heavy atom. The number of ketones is 1. The lowest BCUT2D eigenvalue weighted by atomic mass is 9.55. The van der Waals surface area contributed by atoms with Crippen LogP contribution in [-0.2, 0) is 11.2 Å². The summed E-state index contributed by atoms with van der Waals surface area (Å²) in [6.07, 6.45) is 6.56. The minimum absolute atomic E-state index is 0.101. The summed E-state index contributed by atoms with van der Waals surface area (Å²) in [5.41, 5.74) is 2.73. The second kappa shape index (κ2) is 4.68. The number of Topliss-reactive ketones (excluding diaryl/α,β-unsaturated/α-hetero) is 1. The molecule has 1 N–H and O–H groups in total. The summed E-state index contributed by atoms with van der Waals surface area (Å²) in [5, 5.41) is 9.91. The van der Waals surface area contributed by atoms with Crippen LogP contribution in [0.1, 0.15) is 66.4 Å². The van der Waals surface area contributed by atoms with E-state index < -0.39 is 0 Å². The average Bonchev–Trinajstić information content (AvgIpc) is 2.82. The van der Waals surface area contributed by atoms with Gasteiger partial charge in [-0.2, -0.15) is 0 Å². The number of hydrogen-bond donors (Lipinski definition) is 1. The molecule has 3 aliphatic carbocycles. The number of benzene rings is 1. The summed E-state index contributed by atoms with van der Waals surface area (Å²) in [6, 6.07) is 3.68. The molecule has 4 rings (SSSR count). The van der Waals surface area contributed by atoms with Crippen LogP contribution in [0.3, 0.4) is 0 Å². The number of fused-ring (bicyclic) bond motifs is 5. The molecule has 3 heteroatoms. The highest BCUT2D eigenvalue weighted by Crippen LogP contribution is 2.59. The molecule has 0 saturated heterocycles. The Labute approximate surface area is 130 Å². The lowest BCUT2D eigenvalue weighted by molar-refractivity contribution is -0.129. The van der Waals surface area contributed by atoms with Crippen LogP contribution in [0.4, 0.5) is 0 Å². The molecular weight excluding hydrogens is 276 g/mol. The fraction of sp³-hybridized carbons (Fsp3) is 0.579. The number of aldehydes is 1. The topological polar surface area (TPSA) is 54.4 Å². The quantitative estimate of drug-likeness (QED) is 0.805. The standard InChI is InChI=1S/C19H22O3/c1-19-7-6-13-14(16(19)4-5-18(19)22)3-2-11-9-17(21)12(10-20)8-15(11)13/h8-10,13-14,16,21H,2-7H2,1H3. The molecule has 0 aliphatic heterocycles. The van der Waals surface area contributed by atoms with E-state index in [1.807, 2.05) is 6.07 Å². The zero-order chi connectivity index (χ0) is 15.5. The zero-order valence-corrected chi connectivity index (χ0v) is 13.0. The lowest BCUT2D eigenvalue weighted by Crippen LogP contribution is -2.42. The van der Waals surface area contributed by atoms with Crippen molar-refractivity contribution in [3.63, 3.8) is 0 Å². The third kappa shape index (κ3) is 1.74. The van der Waals surface area contributed by atoms with Crippen molar-refractivity contribution in [2.45, 2.75) is 51.4 Å². The van der Waals surface area contributed by atoms with Gasteiger partial charge in [-0.3, -0.25) is 9.59 Å². The average molecular weight is 298 g/mol. The van der Waals surface area contributed by atoms with E-state index in [-0.39, 0.29) is 11.2 Å². The maximum absolute atomic E-state index is 12.3. The Bertz CT molecular complexity index is 663. The fourth-order valence-corrected chi connectivity index (χ4v) is 5.49. The normalized spacial score (nSPS) is 36.4. The molecule has 1 aromatic carbocycles. The van der Waals surface area contributed by atoms with Gasteiger partial charge in [-0.05, 0) is 73.1 Å². The predicted octanol–water partition coefficient (Wildman–Crippen LogP) is 3.63. The number of aromatic hydroxyl groups is 1. The summed E-state index contributed by atoms with van der Waals surface area (Å²) in [5.74, 6) is 2.07. The van der Waals surface area contributed by atoms with Crippen LogP contribution in [0.15, 0.2) is 12.1 Å². The number of phenolic OH excluding ortho intramolecular Hbond substituents is 1. The summed E-state index contributed by atoms with van der Waals surface area (Å²) < 4.78 is 0. The van der Waals surface area contributed by atoms with Gasteiger partial charge in [-0.1, -0.05) is 6.92 Å². The fourth-order valence-electron chi connectivity index (χ4n) is 5.49. The van der Waals surface area contributed by atoms with Crippen molar-refractivity contribution < 1.29 is 14.7 Å². The lowest BCUT2D eigenvalue weighted by Gasteiger charge is -2.48. The molecular formula is C19H22O3. The van der Waals surface area contributed by atoms with Crippen molar-refractivity contribution >= 4 is 12.1 Å². The highest BCUT2D eigenvalue weighted by Gasteiger charge is 2.54. The molecule has 1 aromatic rings. The summed E-state index contributed by atoms with van der Waals surface area (Å²) in [4.78, 5) is 23.5. The first-order valence-corrected chi connectivity index (χ1v) is 8.39. The molecule has 116 valence electrons. The van der Waals surface area contributed by atoms with Gasteiger partial charge in [-0.15, -0.1) is 0 Å². The van der Waals surface area contributed by atoms with Gasteiger partial charge in [0.05, 0.1) is 5.56 Å². The van der Waals surface area contributed by atoms with Gasteiger partial charge >= 0.3 is 0 Å². The first kappa shape index (κ1) is 14.0.